The lowest BCUT2D eigenvalue weighted by atomic mass is 9.62. The van der Waals surface area contributed by atoms with E-state index in [-0.39, 0.29) is 0 Å². The van der Waals surface area contributed by atoms with E-state index in [2.05, 4.69) is 15.4 Å². The van der Waals surface area contributed by atoms with Gasteiger partial charge in [-0.05, 0) is 31.1 Å². The Morgan fingerprint density at radius 1 is 1.38 bits per heavy atom. The molecule has 1 saturated heterocycles. The lowest BCUT2D eigenvalue weighted by molar-refractivity contribution is 0.00162. The van der Waals surface area contributed by atoms with E-state index in [0.29, 0.717) is 17.3 Å². The Balaban J connectivity index is 1.50. The molecule has 86 valence electrons. The molecule has 16 heavy (non-hydrogen) atoms. The predicted octanol–water partition coefficient (Wildman–Crippen LogP) is 0.184. The topological polar surface area (TPSA) is 63.0 Å². The first-order valence-corrected chi connectivity index (χ1v) is 6.04. The van der Waals surface area contributed by atoms with Gasteiger partial charge in [-0.2, -0.15) is 5.10 Å². The highest BCUT2D eigenvalue weighted by molar-refractivity contribution is 5.10. The highest BCUT2D eigenvalue weighted by Gasteiger charge is 2.50. The molecule has 0 aromatic carbocycles. The van der Waals surface area contributed by atoms with Crippen LogP contribution in [0.3, 0.4) is 0 Å². The van der Waals surface area contributed by atoms with Crippen LogP contribution < -0.4 is 5.32 Å². The summed E-state index contributed by atoms with van der Waals surface area (Å²) in [6.07, 6.45) is 5.84. The molecular weight excluding hydrogens is 204 g/mol. The van der Waals surface area contributed by atoms with Gasteiger partial charge in [0.1, 0.15) is 11.9 Å². The summed E-state index contributed by atoms with van der Waals surface area (Å²) in [5.74, 6) is 0.625. The number of nitrogens with one attached hydrogen (secondary N) is 1. The van der Waals surface area contributed by atoms with Crippen molar-refractivity contribution in [3.63, 3.8) is 0 Å². The molecule has 0 unspecified atom stereocenters. The molecule has 5 nitrogen and oxygen atoms in total. The Morgan fingerprint density at radius 3 is 2.69 bits per heavy atom. The maximum atomic E-state index is 9.90. The minimum atomic E-state index is -0.690. The van der Waals surface area contributed by atoms with Crippen LogP contribution in [0.25, 0.3) is 0 Å². The Bertz CT molecular complexity index is 425. The van der Waals surface area contributed by atoms with E-state index in [1.165, 1.54) is 12.8 Å². The number of hydrogen-bond acceptors (Lipinski definition) is 4. The van der Waals surface area contributed by atoms with E-state index in [4.69, 9.17) is 0 Å². The van der Waals surface area contributed by atoms with Crippen molar-refractivity contribution < 1.29 is 5.11 Å². The summed E-state index contributed by atoms with van der Waals surface area (Å²) in [5, 5.41) is 17.7. The van der Waals surface area contributed by atoms with Crippen molar-refractivity contribution in [1.29, 1.82) is 0 Å². The molecule has 1 spiro atoms. The molecule has 4 rings (SSSR count). The molecule has 3 fully saturated rings. The first kappa shape index (κ1) is 9.13. The zero-order chi connectivity index (χ0) is 10.8. The molecule has 0 radical (unpaired) electrons. The van der Waals surface area contributed by atoms with Gasteiger partial charge in [0.25, 0.3) is 0 Å². The van der Waals surface area contributed by atoms with Crippen molar-refractivity contribution >= 4 is 0 Å². The molecule has 3 aliphatic rings. The summed E-state index contributed by atoms with van der Waals surface area (Å²) < 4.78 is 1.95. The van der Waals surface area contributed by atoms with Gasteiger partial charge in [0.15, 0.2) is 5.82 Å². The molecule has 0 atom stereocenters. The van der Waals surface area contributed by atoms with E-state index in [1.54, 1.807) is 6.33 Å². The van der Waals surface area contributed by atoms with Gasteiger partial charge in [0, 0.05) is 13.1 Å². The van der Waals surface area contributed by atoms with Gasteiger partial charge in [0.2, 0.25) is 0 Å². The first-order chi connectivity index (χ1) is 7.69. The van der Waals surface area contributed by atoms with Crippen LogP contribution in [0.4, 0.5) is 0 Å². The predicted molar refractivity (Wildman–Crippen MR) is 56.7 cm³/mol. The smallest absolute Gasteiger partial charge is 0.182 e. The quantitative estimate of drug-likeness (QED) is 0.746. The SMILES string of the molecule is OC1(c2ncn(C3CC4(CNC4)C3)n2)CC1. The number of nitrogens with zero attached hydrogens (tertiary/aromatic N) is 3. The third-order valence-corrected chi connectivity index (χ3v) is 4.36. The number of rotatable bonds is 2. The molecule has 2 aliphatic carbocycles. The van der Waals surface area contributed by atoms with E-state index in [1.807, 2.05) is 4.68 Å². The van der Waals surface area contributed by atoms with Crippen LogP contribution in [0.2, 0.25) is 0 Å². The Labute approximate surface area is 93.9 Å². The average Bonchev–Trinajstić information content (AvgIpc) is 2.72. The number of aromatic nitrogens is 3. The van der Waals surface area contributed by atoms with Gasteiger partial charge < -0.3 is 10.4 Å². The van der Waals surface area contributed by atoms with Crippen molar-refractivity contribution in [3.8, 4) is 0 Å². The van der Waals surface area contributed by atoms with Crippen molar-refractivity contribution in [3.05, 3.63) is 12.2 Å². The van der Waals surface area contributed by atoms with Crippen LogP contribution in [0.15, 0.2) is 6.33 Å². The van der Waals surface area contributed by atoms with Gasteiger partial charge in [0.05, 0.1) is 6.04 Å². The second-order valence-corrected chi connectivity index (χ2v) is 5.75. The molecule has 1 aromatic heterocycles. The van der Waals surface area contributed by atoms with Crippen molar-refractivity contribution in [1.82, 2.24) is 20.1 Å². The highest BCUT2D eigenvalue weighted by atomic mass is 16.3. The first-order valence-electron chi connectivity index (χ1n) is 6.04. The maximum absolute atomic E-state index is 9.90. The number of aliphatic hydroxyl groups is 1. The summed E-state index contributed by atoms with van der Waals surface area (Å²) in [7, 11) is 0. The van der Waals surface area contributed by atoms with Crippen LogP contribution in [-0.4, -0.2) is 33.0 Å². The minimum absolute atomic E-state index is 0.505. The van der Waals surface area contributed by atoms with E-state index < -0.39 is 5.60 Å². The summed E-state index contributed by atoms with van der Waals surface area (Å²) in [4.78, 5) is 4.23. The normalized spacial score (nSPS) is 29.8. The molecular formula is C11H16N4O. The Morgan fingerprint density at radius 2 is 2.12 bits per heavy atom. The standard InChI is InChI=1S/C11H16N4O/c16-11(1-2-11)9-13-7-15(14-9)8-3-10(4-8)5-12-6-10/h7-8,12,16H,1-6H2. The van der Waals surface area contributed by atoms with E-state index in [0.717, 1.165) is 25.9 Å². The maximum Gasteiger partial charge on any atom is 0.182 e. The monoisotopic (exact) mass is 220 g/mol. The van der Waals surface area contributed by atoms with Crippen molar-refractivity contribution in [2.75, 3.05) is 13.1 Å². The molecule has 0 amide bonds. The lowest BCUT2D eigenvalue weighted by Crippen LogP contribution is -2.60. The zero-order valence-electron chi connectivity index (χ0n) is 9.19. The third kappa shape index (κ3) is 1.13. The van der Waals surface area contributed by atoms with Crippen LogP contribution in [-0.2, 0) is 5.60 Å². The van der Waals surface area contributed by atoms with E-state index in [9.17, 15) is 5.11 Å². The van der Waals surface area contributed by atoms with E-state index >= 15 is 0 Å². The van der Waals surface area contributed by atoms with Gasteiger partial charge in [-0.25, -0.2) is 9.67 Å². The highest BCUT2D eigenvalue weighted by Crippen LogP contribution is 2.51. The minimum Gasteiger partial charge on any atom is -0.382 e. The summed E-state index contributed by atoms with van der Waals surface area (Å²) in [6, 6.07) is 0.505. The molecule has 2 heterocycles. The van der Waals surface area contributed by atoms with Gasteiger partial charge in [-0.1, -0.05) is 0 Å². The molecule has 5 heteroatoms. The van der Waals surface area contributed by atoms with Crippen LogP contribution in [0.1, 0.15) is 37.5 Å². The van der Waals surface area contributed by atoms with Crippen LogP contribution in [0, 0.1) is 5.41 Å². The van der Waals surface area contributed by atoms with Crippen LogP contribution >= 0.6 is 0 Å². The lowest BCUT2D eigenvalue weighted by Gasteiger charge is -2.54. The second-order valence-electron chi connectivity index (χ2n) is 5.75. The number of hydrogen-bond donors (Lipinski definition) is 2. The fraction of sp³-hybridized carbons (Fsp3) is 0.818. The fourth-order valence-corrected chi connectivity index (χ4v) is 2.90. The fourth-order valence-electron chi connectivity index (χ4n) is 2.90. The zero-order valence-corrected chi connectivity index (χ0v) is 9.19. The van der Waals surface area contributed by atoms with Gasteiger partial charge >= 0.3 is 0 Å². The average molecular weight is 220 g/mol. The molecule has 1 aliphatic heterocycles. The molecule has 2 saturated carbocycles. The summed E-state index contributed by atoms with van der Waals surface area (Å²) >= 11 is 0. The molecule has 0 bridgehead atoms. The van der Waals surface area contributed by atoms with Gasteiger partial charge in [-0.3, -0.25) is 0 Å². The third-order valence-electron chi connectivity index (χ3n) is 4.36. The molecule has 1 aromatic rings. The van der Waals surface area contributed by atoms with Crippen molar-refractivity contribution in [2.45, 2.75) is 37.3 Å². The van der Waals surface area contributed by atoms with Crippen LogP contribution in [0.5, 0.6) is 0 Å². The largest absolute Gasteiger partial charge is 0.382 e. The van der Waals surface area contributed by atoms with Gasteiger partial charge in [-0.15, -0.1) is 0 Å². The Hall–Kier alpha value is -0.940. The second kappa shape index (κ2) is 2.65. The molecule has 2 N–H and O–H groups in total. The Kier molecular flexibility index (Phi) is 1.51. The summed E-state index contributed by atoms with van der Waals surface area (Å²) in [5.41, 5.74) is -0.127. The summed E-state index contributed by atoms with van der Waals surface area (Å²) in [6.45, 7) is 2.32. The van der Waals surface area contributed by atoms with Crippen molar-refractivity contribution in [2.24, 2.45) is 5.41 Å².